The van der Waals surface area contributed by atoms with E-state index in [1.807, 2.05) is 30.3 Å². The quantitative estimate of drug-likeness (QED) is 0.860. The van der Waals surface area contributed by atoms with Crippen molar-refractivity contribution in [3.63, 3.8) is 0 Å². The molecule has 5 nitrogen and oxygen atoms in total. The van der Waals surface area contributed by atoms with Crippen LogP contribution in [0.25, 0.3) is 0 Å². The number of benzene rings is 1. The molecule has 0 saturated carbocycles. The molecule has 1 aromatic heterocycles. The summed E-state index contributed by atoms with van der Waals surface area (Å²) in [5.74, 6) is -0.143. The third-order valence-corrected chi connectivity index (χ3v) is 4.17. The smallest absolute Gasteiger partial charge is 0.273 e. The molecule has 21 heavy (non-hydrogen) atoms. The lowest BCUT2D eigenvalue weighted by atomic mass is 10.0. The summed E-state index contributed by atoms with van der Waals surface area (Å²) in [6, 6.07) is 9.55. The number of anilines is 1. The minimum absolute atomic E-state index is 0.0238. The van der Waals surface area contributed by atoms with Gasteiger partial charge in [-0.15, -0.1) is 11.3 Å². The van der Waals surface area contributed by atoms with Gasteiger partial charge in [0, 0.05) is 26.1 Å². The fourth-order valence-corrected chi connectivity index (χ4v) is 2.84. The van der Waals surface area contributed by atoms with Crippen LogP contribution in [0.5, 0.6) is 0 Å². The highest BCUT2D eigenvalue weighted by atomic mass is 32.1. The van der Waals surface area contributed by atoms with Gasteiger partial charge in [-0.3, -0.25) is 4.79 Å². The predicted octanol–water partition coefficient (Wildman–Crippen LogP) is 2.38. The summed E-state index contributed by atoms with van der Waals surface area (Å²) in [4.78, 5) is 18.4. The highest BCUT2D eigenvalue weighted by Gasteiger charge is 2.23. The molecule has 0 aliphatic heterocycles. The second kappa shape index (κ2) is 7.19. The first-order chi connectivity index (χ1) is 10.2. The van der Waals surface area contributed by atoms with Gasteiger partial charge in [-0.1, -0.05) is 30.3 Å². The van der Waals surface area contributed by atoms with E-state index in [0.717, 1.165) is 5.56 Å². The van der Waals surface area contributed by atoms with Crippen molar-refractivity contribution in [3.05, 3.63) is 47.0 Å². The first-order valence-electron chi connectivity index (χ1n) is 6.73. The Morgan fingerprint density at radius 3 is 2.71 bits per heavy atom. The summed E-state index contributed by atoms with van der Waals surface area (Å²) in [7, 11) is 3.52. The first kappa shape index (κ1) is 15.5. The highest BCUT2D eigenvalue weighted by molar-refractivity contribution is 7.13. The standard InChI is InChI=1S/C15H19N3O2S/c1-16-15-17-12(10-21-15)14(20)18(2)13(8-9-19)11-6-4-3-5-7-11/h3-7,10,13,19H,8-9H2,1-2H3,(H,16,17)/t13-/m1/s1. The molecule has 2 N–H and O–H groups in total. The molecule has 0 aliphatic carbocycles. The van der Waals surface area contributed by atoms with E-state index in [1.165, 1.54) is 11.3 Å². The van der Waals surface area contributed by atoms with Gasteiger partial charge in [-0.05, 0) is 12.0 Å². The Morgan fingerprint density at radius 2 is 2.14 bits per heavy atom. The topological polar surface area (TPSA) is 65.5 Å². The molecule has 0 saturated heterocycles. The normalized spacial score (nSPS) is 12.0. The van der Waals surface area contributed by atoms with E-state index in [1.54, 1.807) is 24.4 Å². The second-order valence-corrected chi connectivity index (χ2v) is 5.50. The van der Waals surface area contributed by atoms with Crippen LogP contribution in [0.4, 0.5) is 5.13 Å². The number of hydrogen-bond donors (Lipinski definition) is 2. The molecular formula is C15H19N3O2S. The lowest BCUT2D eigenvalue weighted by Crippen LogP contribution is -2.32. The fourth-order valence-electron chi connectivity index (χ4n) is 2.19. The average Bonchev–Trinajstić information content (AvgIpc) is 3.01. The number of aliphatic hydroxyl groups is 1. The molecule has 0 radical (unpaired) electrons. The van der Waals surface area contributed by atoms with Gasteiger partial charge in [0.15, 0.2) is 5.13 Å². The van der Waals surface area contributed by atoms with Gasteiger partial charge in [0.25, 0.3) is 5.91 Å². The van der Waals surface area contributed by atoms with Gasteiger partial charge in [-0.25, -0.2) is 4.98 Å². The molecule has 2 rings (SSSR count). The first-order valence-corrected chi connectivity index (χ1v) is 7.61. The van der Waals surface area contributed by atoms with Gasteiger partial charge in [0.05, 0.1) is 6.04 Å². The van der Waals surface area contributed by atoms with Crippen molar-refractivity contribution in [2.75, 3.05) is 26.0 Å². The van der Waals surface area contributed by atoms with Gasteiger partial charge < -0.3 is 15.3 Å². The lowest BCUT2D eigenvalue weighted by Gasteiger charge is -2.27. The zero-order chi connectivity index (χ0) is 15.2. The molecule has 0 spiro atoms. The predicted molar refractivity (Wildman–Crippen MR) is 84.6 cm³/mol. The van der Waals surface area contributed by atoms with Crippen molar-refractivity contribution < 1.29 is 9.90 Å². The molecular weight excluding hydrogens is 286 g/mol. The Labute approximate surface area is 128 Å². The molecule has 0 aliphatic rings. The Balaban J connectivity index is 2.21. The Kier molecular flexibility index (Phi) is 5.30. The third kappa shape index (κ3) is 3.59. The maximum atomic E-state index is 12.5. The molecule has 0 unspecified atom stereocenters. The Hall–Kier alpha value is -1.92. The number of aromatic nitrogens is 1. The molecule has 1 aromatic carbocycles. The third-order valence-electron chi connectivity index (χ3n) is 3.31. The van der Waals surface area contributed by atoms with E-state index in [2.05, 4.69) is 10.3 Å². The van der Waals surface area contributed by atoms with Gasteiger partial charge in [-0.2, -0.15) is 0 Å². The van der Waals surface area contributed by atoms with Crippen molar-refractivity contribution in [1.29, 1.82) is 0 Å². The van der Waals surface area contributed by atoms with E-state index in [0.29, 0.717) is 17.2 Å². The molecule has 1 amide bonds. The van der Waals surface area contributed by atoms with Crippen LogP contribution >= 0.6 is 11.3 Å². The van der Waals surface area contributed by atoms with Crippen molar-refractivity contribution in [3.8, 4) is 0 Å². The maximum Gasteiger partial charge on any atom is 0.273 e. The van der Waals surface area contributed by atoms with Crippen LogP contribution < -0.4 is 5.32 Å². The van der Waals surface area contributed by atoms with E-state index in [-0.39, 0.29) is 18.6 Å². The molecule has 112 valence electrons. The number of rotatable bonds is 6. The number of aliphatic hydroxyl groups excluding tert-OH is 1. The summed E-state index contributed by atoms with van der Waals surface area (Å²) in [5.41, 5.74) is 1.43. The zero-order valence-corrected chi connectivity index (χ0v) is 12.9. The van der Waals surface area contributed by atoms with Crippen molar-refractivity contribution >= 4 is 22.4 Å². The summed E-state index contributed by atoms with van der Waals surface area (Å²) in [6.07, 6.45) is 0.495. The van der Waals surface area contributed by atoms with E-state index in [4.69, 9.17) is 0 Å². The van der Waals surface area contributed by atoms with Crippen LogP contribution in [0.3, 0.4) is 0 Å². The average molecular weight is 305 g/mol. The van der Waals surface area contributed by atoms with E-state index >= 15 is 0 Å². The van der Waals surface area contributed by atoms with Crippen molar-refractivity contribution in [2.45, 2.75) is 12.5 Å². The summed E-state index contributed by atoms with van der Waals surface area (Å²) in [6.45, 7) is 0.0238. The Bertz CT molecular complexity index is 586. The number of thiazole rings is 1. The number of amides is 1. The molecule has 1 heterocycles. The summed E-state index contributed by atoms with van der Waals surface area (Å²) >= 11 is 1.40. The molecule has 0 fully saturated rings. The van der Waals surface area contributed by atoms with Crippen molar-refractivity contribution in [1.82, 2.24) is 9.88 Å². The minimum atomic E-state index is -0.163. The molecule has 2 aromatic rings. The van der Waals surface area contributed by atoms with Crippen LogP contribution in [-0.4, -0.2) is 41.6 Å². The van der Waals surface area contributed by atoms with Crippen LogP contribution in [0.2, 0.25) is 0 Å². The second-order valence-electron chi connectivity index (χ2n) is 4.64. The fraction of sp³-hybridized carbons (Fsp3) is 0.333. The van der Waals surface area contributed by atoms with Crippen LogP contribution in [-0.2, 0) is 0 Å². The molecule has 0 bridgehead atoms. The number of nitrogens with one attached hydrogen (secondary N) is 1. The lowest BCUT2D eigenvalue weighted by molar-refractivity contribution is 0.0700. The number of nitrogens with zero attached hydrogens (tertiary/aromatic N) is 2. The SMILES string of the molecule is CNc1nc(C(=O)N(C)[C@H](CCO)c2ccccc2)cs1. The summed E-state index contributed by atoms with van der Waals surface area (Å²) < 4.78 is 0. The number of carbonyl (C=O) groups is 1. The monoisotopic (exact) mass is 305 g/mol. The number of carbonyl (C=O) groups excluding carboxylic acids is 1. The maximum absolute atomic E-state index is 12.5. The minimum Gasteiger partial charge on any atom is -0.396 e. The van der Waals surface area contributed by atoms with Gasteiger partial charge in [0.2, 0.25) is 0 Å². The van der Waals surface area contributed by atoms with E-state index in [9.17, 15) is 9.90 Å². The van der Waals surface area contributed by atoms with Crippen LogP contribution in [0, 0.1) is 0 Å². The Morgan fingerprint density at radius 1 is 1.43 bits per heavy atom. The highest BCUT2D eigenvalue weighted by Crippen LogP contribution is 2.25. The zero-order valence-electron chi connectivity index (χ0n) is 12.1. The summed E-state index contributed by atoms with van der Waals surface area (Å²) in [5, 5.41) is 14.7. The van der Waals surface area contributed by atoms with Gasteiger partial charge >= 0.3 is 0 Å². The van der Waals surface area contributed by atoms with E-state index < -0.39 is 0 Å². The van der Waals surface area contributed by atoms with Crippen LogP contribution in [0.1, 0.15) is 28.5 Å². The van der Waals surface area contributed by atoms with Crippen molar-refractivity contribution in [2.24, 2.45) is 0 Å². The van der Waals surface area contributed by atoms with Crippen LogP contribution in [0.15, 0.2) is 35.7 Å². The molecule has 1 atom stereocenters. The number of hydrogen-bond acceptors (Lipinski definition) is 5. The molecule has 6 heteroatoms. The van der Waals surface area contributed by atoms with Gasteiger partial charge in [0.1, 0.15) is 5.69 Å². The largest absolute Gasteiger partial charge is 0.396 e.